The maximum absolute atomic E-state index is 12.2. The predicted molar refractivity (Wildman–Crippen MR) is 147 cm³/mol. The minimum absolute atomic E-state index is 0.00806. The van der Waals surface area contributed by atoms with E-state index in [-0.39, 0.29) is 47.1 Å². The molecule has 0 aliphatic heterocycles. The second kappa shape index (κ2) is 15.2. The zero-order valence-electron chi connectivity index (χ0n) is 20.9. The summed E-state index contributed by atoms with van der Waals surface area (Å²) >= 11 is 0.940. The van der Waals surface area contributed by atoms with Crippen molar-refractivity contribution < 1.29 is 36.5 Å². The number of aliphatic hydroxyl groups excluding tert-OH is 1. The summed E-state index contributed by atoms with van der Waals surface area (Å²) in [6, 6.07) is 19.2. The molecule has 3 aromatic carbocycles. The molecular formula is C26H29AsClN3O8. The Bertz CT molecular complexity index is 1340. The molecule has 3 rings (SSSR count). The molecule has 0 aliphatic carbocycles. The van der Waals surface area contributed by atoms with Crippen molar-refractivity contribution >= 4 is 59.1 Å². The van der Waals surface area contributed by atoms with Crippen molar-refractivity contribution in [3.63, 3.8) is 0 Å². The van der Waals surface area contributed by atoms with Gasteiger partial charge in [-0.3, -0.25) is 9.59 Å². The van der Waals surface area contributed by atoms with Crippen LogP contribution in [0.2, 0.25) is 5.02 Å². The number of carbonyl (C=O) groups is 3. The number of hydrogen-bond acceptors (Lipinski definition) is 8. The molecule has 0 radical (unpaired) electrons. The fourth-order valence-electron chi connectivity index (χ4n) is 3.38. The Hall–Kier alpha value is -3.44. The van der Waals surface area contributed by atoms with Crippen molar-refractivity contribution in [1.29, 1.82) is 0 Å². The number of rotatable bonds is 10. The third-order valence-corrected chi connectivity index (χ3v) is 8.04. The van der Waals surface area contributed by atoms with Gasteiger partial charge in [0.15, 0.2) is 5.78 Å². The summed E-state index contributed by atoms with van der Waals surface area (Å²) in [5, 5.41) is 23.2. The molecule has 7 N–H and O–H groups in total. The Morgan fingerprint density at radius 1 is 1.03 bits per heavy atom. The summed E-state index contributed by atoms with van der Waals surface area (Å²) in [5.74, 6) is -0.937. The van der Waals surface area contributed by atoms with Crippen molar-refractivity contribution in [2.24, 2.45) is 0 Å². The van der Waals surface area contributed by atoms with Crippen molar-refractivity contribution in [3.05, 3.63) is 88.9 Å². The third kappa shape index (κ3) is 9.99. The number of halogens is 1. The SMILES string of the molecule is CC(=O)Nc1ccccc1[As](=O)(O)OO.Nc1ccc(Cl)cc1C(=O)CCC(=O)NC(CO)c1ccccc1. The average molecular weight is 622 g/mol. The molecule has 2 amide bonds. The van der Waals surface area contributed by atoms with Gasteiger partial charge in [0.05, 0.1) is 12.6 Å². The van der Waals surface area contributed by atoms with E-state index >= 15 is 0 Å². The molecule has 0 aromatic heterocycles. The number of anilines is 2. The van der Waals surface area contributed by atoms with Crippen molar-refractivity contribution in [1.82, 2.24) is 5.32 Å². The Kier molecular flexibility index (Phi) is 12.4. The topological polar surface area (TPSA) is 188 Å². The van der Waals surface area contributed by atoms with Crippen LogP contribution in [0.5, 0.6) is 0 Å². The van der Waals surface area contributed by atoms with Gasteiger partial charge < -0.3 is 16.2 Å². The van der Waals surface area contributed by atoms with Gasteiger partial charge in [-0.2, -0.15) is 0 Å². The van der Waals surface area contributed by atoms with Crippen LogP contribution in [-0.2, 0) is 17.2 Å². The molecule has 0 fully saturated rings. The second-order valence-electron chi connectivity index (χ2n) is 8.17. The molecule has 0 saturated heterocycles. The van der Waals surface area contributed by atoms with Crippen LogP contribution in [0.4, 0.5) is 11.4 Å². The number of Topliss-reactive ketones (excluding diaryl/α,β-unsaturated/α-hetero) is 1. The van der Waals surface area contributed by atoms with Gasteiger partial charge in [-0.25, -0.2) is 0 Å². The summed E-state index contributed by atoms with van der Waals surface area (Å²) in [6.45, 7) is 1.05. The van der Waals surface area contributed by atoms with E-state index in [4.69, 9.17) is 22.6 Å². The molecule has 0 heterocycles. The Labute approximate surface area is 232 Å². The molecule has 2 atom stereocenters. The molecule has 2 unspecified atom stereocenters. The first kappa shape index (κ1) is 31.8. The van der Waals surface area contributed by atoms with Gasteiger partial charge in [0.2, 0.25) is 5.91 Å². The standard InChI is InChI=1S/C18H19ClN2O3.C8H10AsNO5/c19-13-6-7-15(20)14(10-13)17(23)8-9-18(24)21-16(11-22)12-4-2-1-3-5-12;1-6(11)10-8-5-3-2-4-7(8)9(12,13)15-14/h1-7,10,16,22H,8-9,11,20H2,(H,21,24);2-5,14H,1H3,(H,10,11)(H,12,13). The van der Waals surface area contributed by atoms with Crippen LogP contribution in [0.1, 0.15) is 41.7 Å². The largest absolute Gasteiger partial charge is 0.398 e. The van der Waals surface area contributed by atoms with Crippen LogP contribution in [0, 0.1) is 0 Å². The van der Waals surface area contributed by atoms with Crippen molar-refractivity contribution in [3.8, 4) is 0 Å². The van der Waals surface area contributed by atoms with Gasteiger partial charge in [-0.1, -0.05) is 41.9 Å². The van der Waals surface area contributed by atoms with Crippen LogP contribution in [0.25, 0.3) is 0 Å². The van der Waals surface area contributed by atoms with Crippen LogP contribution >= 0.6 is 11.6 Å². The number of nitrogen functional groups attached to an aromatic ring is 1. The van der Waals surface area contributed by atoms with E-state index < -0.39 is 20.2 Å². The summed E-state index contributed by atoms with van der Waals surface area (Å²) < 4.78 is 24.1. The predicted octanol–water partition coefficient (Wildman–Crippen LogP) is 2.44. The summed E-state index contributed by atoms with van der Waals surface area (Å²) in [5.41, 5.74) is 7.38. The van der Waals surface area contributed by atoms with E-state index in [1.807, 2.05) is 30.3 Å². The van der Waals surface area contributed by atoms with E-state index in [1.165, 1.54) is 31.2 Å². The first-order valence-electron chi connectivity index (χ1n) is 11.5. The molecule has 13 heteroatoms. The van der Waals surface area contributed by atoms with Crippen molar-refractivity contribution in [2.75, 3.05) is 17.7 Å². The second-order valence-corrected chi connectivity index (χ2v) is 12.1. The minimum atomic E-state index is -4.92. The van der Waals surface area contributed by atoms with E-state index in [0.29, 0.717) is 16.3 Å². The number of nitrogens with one attached hydrogen (secondary N) is 2. The van der Waals surface area contributed by atoms with Crippen LogP contribution < -0.4 is 20.7 Å². The van der Waals surface area contributed by atoms with E-state index in [2.05, 4.69) is 14.5 Å². The number of benzene rings is 3. The fourth-order valence-corrected chi connectivity index (χ4v) is 5.22. The van der Waals surface area contributed by atoms with E-state index in [0.717, 1.165) is 5.56 Å². The maximum atomic E-state index is 12.2. The molecule has 11 nitrogen and oxygen atoms in total. The van der Waals surface area contributed by atoms with Gasteiger partial charge in [0.25, 0.3) is 0 Å². The number of para-hydroxylation sites is 1. The van der Waals surface area contributed by atoms with Gasteiger partial charge in [0.1, 0.15) is 0 Å². The van der Waals surface area contributed by atoms with Crippen LogP contribution in [0.15, 0.2) is 72.8 Å². The molecule has 0 bridgehead atoms. The quantitative estimate of drug-likeness (QED) is 0.0649. The molecule has 0 aliphatic rings. The fraction of sp³-hybridized carbons (Fsp3) is 0.192. The Morgan fingerprint density at radius 2 is 1.67 bits per heavy atom. The van der Waals surface area contributed by atoms with Gasteiger partial charge in [0, 0.05) is 29.1 Å². The maximum Gasteiger partial charge on any atom is 0.221 e. The monoisotopic (exact) mass is 621 g/mol. The number of nitrogens with two attached hydrogens (primary N) is 1. The molecular weight excluding hydrogens is 593 g/mol. The van der Waals surface area contributed by atoms with Crippen LogP contribution in [-0.4, -0.2) is 52.8 Å². The summed E-state index contributed by atoms with van der Waals surface area (Å²) in [4.78, 5) is 35.0. The van der Waals surface area contributed by atoms with Crippen molar-refractivity contribution in [2.45, 2.75) is 25.8 Å². The third-order valence-electron chi connectivity index (χ3n) is 5.24. The zero-order chi connectivity index (χ0) is 29.0. The van der Waals surface area contributed by atoms with E-state index in [1.54, 1.807) is 18.2 Å². The number of hydrogen-bond donors (Lipinski definition) is 6. The summed E-state index contributed by atoms with van der Waals surface area (Å²) in [6.07, 6.45) is 0.0252. The Balaban J connectivity index is 0.000000306. The number of aliphatic hydroxyl groups is 1. The van der Waals surface area contributed by atoms with Gasteiger partial charge in [-0.05, 0) is 23.8 Å². The molecule has 3 aromatic rings. The molecule has 0 spiro atoms. The number of ketones is 1. The van der Waals surface area contributed by atoms with E-state index in [9.17, 15) is 27.3 Å². The number of carbonyl (C=O) groups excluding carboxylic acids is 3. The van der Waals surface area contributed by atoms with Crippen LogP contribution in [0.3, 0.4) is 0 Å². The molecule has 39 heavy (non-hydrogen) atoms. The zero-order valence-corrected chi connectivity index (χ0v) is 23.5. The first-order valence-corrected chi connectivity index (χ1v) is 15.2. The first-order chi connectivity index (χ1) is 18.5. The summed E-state index contributed by atoms with van der Waals surface area (Å²) in [7, 11) is 0. The normalized spacial score (nSPS) is 12.7. The smallest absolute Gasteiger partial charge is 0.221 e. The molecule has 0 saturated carbocycles. The Morgan fingerprint density at radius 3 is 2.28 bits per heavy atom. The van der Waals surface area contributed by atoms with Gasteiger partial charge >= 0.3 is 88.4 Å². The average Bonchev–Trinajstić information content (AvgIpc) is 2.92. The minimum Gasteiger partial charge on any atom is -0.398 e. The number of amides is 2. The molecule has 208 valence electrons. The van der Waals surface area contributed by atoms with Gasteiger partial charge in [-0.15, -0.1) is 0 Å².